The summed E-state index contributed by atoms with van der Waals surface area (Å²) in [6, 6.07) is 18.6. The summed E-state index contributed by atoms with van der Waals surface area (Å²) in [5.41, 5.74) is 2.48. The number of nitrogens with zero attached hydrogens (tertiary/aromatic N) is 3. The largest absolute Gasteiger partial charge is 0.497 e. The van der Waals surface area contributed by atoms with Crippen LogP contribution < -0.4 is 10.1 Å². The van der Waals surface area contributed by atoms with Gasteiger partial charge in [0, 0.05) is 27.2 Å². The minimum absolute atomic E-state index is 0. The molecule has 1 fully saturated rings. The maximum absolute atomic E-state index is 12.1. The van der Waals surface area contributed by atoms with Crippen LogP contribution in [0.3, 0.4) is 0 Å². The number of hydrogen-bond donors (Lipinski definition) is 1. The molecule has 0 spiro atoms. The van der Waals surface area contributed by atoms with Gasteiger partial charge in [-0.3, -0.25) is 4.79 Å². The molecule has 1 N–H and O–H groups in total. The molecule has 0 radical (unpaired) electrons. The molecule has 2 aromatic carbocycles. The third-order valence-corrected chi connectivity index (χ3v) is 5.42. The van der Waals surface area contributed by atoms with Crippen LogP contribution in [-0.4, -0.2) is 62.5 Å². The van der Waals surface area contributed by atoms with E-state index in [2.05, 4.69) is 40.5 Å². The van der Waals surface area contributed by atoms with Crippen molar-refractivity contribution < 1.29 is 9.53 Å². The molecule has 1 aliphatic rings. The van der Waals surface area contributed by atoms with Crippen LogP contribution in [0.25, 0.3) is 0 Å². The number of amides is 1. The normalized spacial score (nSPS) is 15.9. The van der Waals surface area contributed by atoms with Crippen LogP contribution in [0.5, 0.6) is 5.75 Å². The molecular formula is C24H33IN4O2. The summed E-state index contributed by atoms with van der Waals surface area (Å²) in [4.78, 5) is 20.8. The molecule has 1 atom stereocenters. The summed E-state index contributed by atoms with van der Waals surface area (Å²) in [5, 5.41) is 3.28. The fourth-order valence-electron chi connectivity index (χ4n) is 3.62. The van der Waals surface area contributed by atoms with Gasteiger partial charge in [-0.05, 0) is 42.0 Å². The van der Waals surface area contributed by atoms with Gasteiger partial charge in [-0.25, -0.2) is 4.99 Å². The first-order valence-corrected chi connectivity index (χ1v) is 10.5. The number of halogens is 1. The number of nitrogens with one attached hydrogen (secondary N) is 1. The fourth-order valence-corrected chi connectivity index (χ4v) is 3.62. The summed E-state index contributed by atoms with van der Waals surface area (Å²) in [5.74, 6) is 2.26. The van der Waals surface area contributed by atoms with Gasteiger partial charge < -0.3 is 19.9 Å². The molecule has 2 aromatic rings. The van der Waals surface area contributed by atoms with E-state index in [-0.39, 0.29) is 36.4 Å². The summed E-state index contributed by atoms with van der Waals surface area (Å²) in [6.07, 6.45) is 2.19. The molecule has 6 nitrogen and oxygen atoms in total. The van der Waals surface area contributed by atoms with Gasteiger partial charge in [-0.2, -0.15) is 0 Å². The van der Waals surface area contributed by atoms with Crippen molar-refractivity contribution in [2.75, 3.05) is 40.8 Å². The van der Waals surface area contributed by atoms with Crippen molar-refractivity contribution in [3.05, 3.63) is 65.7 Å². The smallest absolute Gasteiger partial charge is 0.241 e. The van der Waals surface area contributed by atoms with E-state index in [1.165, 1.54) is 5.56 Å². The lowest BCUT2D eigenvalue weighted by Gasteiger charge is -2.23. The second kappa shape index (κ2) is 12.5. The van der Waals surface area contributed by atoms with Crippen LogP contribution in [0.4, 0.5) is 0 Å². The number of guanidine groups is 1. The Morgan fingerprint density at radius 2 is 1.84 bits per heavy atom. The zero-order chi connectivity index (χ0) is 21.3. The molecule has 7 heteroatoms. The first-order valence-electron chi connectivity index (χ1n) is 10.5. The highest BCUT2D eigenvalue weighted by molar-refractivity contribution is 14.0. The van der Waals surface area contributed by atoms with Crippen LogP contribution in [0, 0.1) is 5.92 Å². The van der Waals surface area contributed by atoms with Crippen molar-refractivity contribution in [2.24, 2.45) is 10.9 Å². The number of aliphatic imine (C=N–C) groups is 1. The predicted molar refractivity (Wildman–Crippen MR) is 136 cm³/mol. The summed E-state index contributed by atoms with van der Waals surface area (Å²) in [7, 11) is 5.20. The van der Waals surface area contributed by atoms with Crippen LogP contribution in [0.1, 0.15) is 17.5 Å². The minimum Gasteiger partial charge on any atom is -0.497 e. The molecule has 1 saturated heterocycles. The van der Waals surface area contributed by atoms with E-state index in [1.54, 1.807) is 26.1 Å². The Morgan fingerprint density at radius 1 is 1.13 bits per heavy atom. The first kappa shape index (κ1) is 25.0. The van der Waals surface area contributed by atoms with Crippen molar-refractivity contribution in [1.29, 1.82) is 0 Å². The topological polar surface area (TPSA) is 57.2 Å². The Bertz CT molecular complexity index is 840. The second-order valence-electron chi connectivity index (χ2n) is 7.92. The van der Waals surface area contributed by atoms with E-state index in [0.29, 0.717) is 12.5 Å². The molecule has 0 aromatic heterocycles. The molecule has 0 bridgehead atoms. The van der Waals surface area contributed by atoms with Crippen LogP contribution in [0.15, 0.2) is 59.6 Å². The summed E-state index contributed by atoms with van der Waals surface area (Å²) >= 11 is 0. The van der Waals surface area contributed by atoms with Crippen LogP contribution in [0.2, 0.25) is 0 Å². The minimum atomic E-state index is 0. The van der Waals surface area contributed by atoms with E-state index in [9.17, 15) is 4.79 Å². The van der Waals surface area contributed by atoms with E-state index in [0.717, 1.165) is 43.2 Å². The number of carbonyl (C=O) groups is 1. The Hall–Kier alpha value is -2.29. The molecule has 31 heavy (non-hydrogen) atoms. The monoisotopic (exact) mass is 536 g/mol. The van der Waals surface area contributed by atoms with Gasteiger partial charge in [0.2, 0.25) is 5.91 Å². The SMILES string of the molecule is COc1ccc(CN=C(NCC(=O)N(C)C)N2CCC(Cc3ccccc3)C2)cc1.I. The highest BCUT2D eigenvalue weighted by Crippen LogP contribution is 2.21. The zero-order valence-corrected chi connectivity index (χ0v) is 20.9. The lowest BCUT2D eigenvalue weighted by Crippen LogP contribution is -2.44. The van der Waals surface area contributed by atoms with Crippen LogP contribution in [-0.2, 0) is 17.8 Å². The number of ether oxygens (including phenoxy) is 1. The maximum atomic E-state index is 12.1. The highest BCUT2D eigenvalue weighted by Gasteiger charge is 2.25. The predicted octanol–water partition coefficient (Wildman–Crippen LogP) is 3.41. The van der Waals surface area contributed by atoms with E-state index in [4.69, 9.17) is 9.73 Å². The number of carbonyl (C=O) groups excluding carboxylic acids is 1. The third kappa shape index (κ3) is 7.72. The summed E-state index contributed by atoms with van der Waals surface area (Å²) < 4.78 is 5.23. The van der Waals surface area contributed by atoms with Gasteiger partial charge in [-0.15, -0.1) is 24.0 Å². The van der Waals surface area contributed by atoms with Crippen molar-refractivity contribution in [2.45, 2.75) is 19.4 Å². The standard InChI is InChI=1S/C24H32N4O2.HI/c1-27(2)23(29)17-26-24(25-16-20-9-11-22(30-3)12-10-20)28-14-13-21(18-28)15-19-7-5-4-6-8-19;/h4-12,21H,13-18H2,1-3H3,(H,25,26);1H. The fraction of sp³-hybridized carbons (Fsp3) is 0.417. The lowest BCUT2D eigenvalue weighted by molar-refractivity contribution is -0.127. The van der Waals surface area contributed by atoms with Crippen molar-refractivity contribution in [3.8, 4) is 5.75 Å². The van der Waals surface area contributed by atoms with Gasteiger partial charge in [0.15, 0.2) is 5.96 Å². The average Bonchev–Trinajstić information content (AvgIpc) is 3.22. The number of likely N-dealkylation sites (tertiary alicyclic amines) is 1. The molecule has 168 valence electrons. The number of rotatable bonds is 7. The zero-order valence-electron chi connectivity index (χ0n) is 18.6. The van der Waals surface area contributed by atoms with E-state index in [1.807, 2.05) is 24.3 Å². The van der Waals surface area contributed by atoms with Crippen molar-refractivity contribution in [1.82, 2.24) is 15.1 Å². The van der Waals surface area contributed by atoms with E-state index >= 15 is 0 Å². The molecule has 1 amide bonds. The number of methoxy groups -OCH3 is 1. The van der Waals surface area contributed by atoms with Crippen molar-refractivity contribution in [3.63, 3.8) is 0 Å². The van der Waals surface area contributed by atoms with Gasteiger partial charge in [-0.1, -0.05) is 42.5 Å². The number of benzene rings is 2. The lowest BCUT2D eigenvalue weighted by atomic mass is 9.99. The Labute approximate surface area is 202 Å². The molecule has 3 rings (SSSR count). The van der Waals surface area contributed by atoms with Gasteiger partial charge in [0.05, 0.1) is 20.2 Å². The Balaban J connectivity index is 0.00000341. The van der Waals surface area contributed by atoms with Crippen molar-refractivity contribution >= 4 is 35.8 Å². The van der Waals surface area contributed by atoms with Crippen LogP contribution >= 0.6 is 24.0 Å². The molecule has 0 aliphatic carbocycles. The molecule has 0 saturated carbocycles. The molecule has 1 unspecified atom stereocenters. The third-order valence-electron chi connectivity index (χ3n) is 5.42. The number of likely N-dealkylation sites (N-methyl/N-ethyl adjacent to an activating group) is 1. The quantitative estimate of drug-likeness (QED) is 0.335. The second-order valence-corrected chi connectivity index (χ2v) is 7.92. The molecular weight excluding hydrogens is 503 g/mol. The number of hydrogen-bond acceptors (Lipinski definition) is 3. The first-order chi connectivity index (χ1) is 14.5. The van der Waals surface area contributed by atoms with Gasteiger partial charge in [0.25, 0.3) is 0 Å². The Morgan fingerprint density at radius 3 is 2.48 bits per heavy atom. The molecule has 1 aliphatic heterocycles. The maximum Gasteiger partial charge on any atom is 0.241 e. The molecule has 1 heterocycles. The van der Waals surface area contributed by atoms with E-state index < -0.39 is 0 Å². The Kier molecular flexibility index (Phi) is 10.1. The average molecular weight is 536 g/mol. The highest BCUT2D eigenvalue weighted by atomic mass is 127. The van der Waals surface area contributed by atoms with Gasteiger partial charge in [0.1, 0.15) is 5.75 Å². The summed E-state index contributed by atoms with van der Waals surface area (Å²) in [6.45, 7) is 2.69. The van der Waals surface area contributed by atoms with Gasteiger partial charge >= 0.3 is 0 Å².